The average Bonchev–Trinajstić information content (AvgIpc) is 2.27. The van der Waals surface area contributed by atoms with Crippen molar-refractivity contribution in [3.05, 3.63) is 35.1 Å². The van der Waals surface area contributed by atoms with Gasteiger partial charge in [0, 0.05) is 5.56 Å². The lowest BCUT2D eigenvalue weighted by molar-refractivity contribution is -0.142. The molecular weight excluding hydrogens is 268 g/mol. The zero-order valence-electron chi connectivity index (χ0n) is 9.88. The quantitative estimate of drug-likeness (QED) is 0.368. The van der Waals surface area contributed by atoms with Gasteiger partial charge >= 0.3 is 12.1 Å². The van der Waals surface area contributed by atoms with Crippen LogP contribution in [0.1, 0.15) is 29.3 Å². The molecule has 1 aromatic carbocycles. The molecule has 0 saturated heterocycles. The SMILES string of the molecule is CCOC(=O)CC(=O)c1cc(F)ccc1C(F)(F)F. The lowest BCUT2D eigenvalue weighted by Gasteiger charge is -2.11. The molecule has 0 fully saturated rings. The summed E-state index contributed by atoms with van der Waals surface area (Å²) in [6.07, 6.45) is -5.66. The highest BCUT2D eigenvalue weighted by Gasteiger charge is 2.35. The zero-order valence-corrected chi connectivity index (χ0v) is 9.88. The van der Waals surface area contributed by atoms with Crippen LogP contribution < -0.4 is 0 Å². The van der Waals surface area contributed by atoms with E-state index in [2.05, 4.69) is 4.74 Å². The highest BCUT2D eigenvalue weighted by molar-refractivity contribution is 6.06. The van der Waals surface area contributed by atoms with Gasteiger partial charge in [-0.05, 0) is 25.1 Å². The van der Waals surface area contributed by atoms with Crippen LogP contribution in [-0.2, 0) is 15.7 Å². The van der Waals surface area contributed by atoms with Crippen molar-refractivity contribution in [2.45, 2.75) is 19.5 Å². The maximum absolute atomic E-state index is 12.9. The van der Waals surface area contributed by atoms with Gasteiger partial charge in [-0.2, -0.15) is 13.2 Å². The number of ketones is 1. The molecule has 0 aromatic heterocycles. The highest BCUT2D eigenvalue weighted by Crippen LogP contribution is 2.32. The summed E-state index contributed by atoms with van der Waals surface area (Å²) in [6, 6.07) is 1.53. The first-order chi connectivity index (χ1) is 8.75. The summed E-state index contributed by atoms with van der Waals surface area (Å²) >= 11 is 0. The van der Waals surface area contributed by atoms with E-state index in [1.807, 2.05) is 0 Å². The highest BCUT2D eigenvalue weighted by atomic mass is 19.4. The molecule has 0 aliphatic carbocycles. The largest absolute Gasteiger partial charge is 0.466 e. The van der Waals surface area contributed by atoms with E-state index < -0.39 is 41.3 Å². The number of carbonyl (C=O) groups is 2. The number of rotatable bonds is 4. The fraction of sp³-hybridized carbons (Fsp3) is 0.333. The average molecular weight is 278 g/mol. The lowest BCUT2D eigenvalue weighted by Crippen LogP contribution is -2.17. The standard InChI is InChI=1S/C12H10F4O3/c1-2-19-11(18)6-10(17)8-5-7(13)3-4-9(8)12(14,15)16/h3-5H,2,6H2,1H3. The van der Waals surface area contributed by atoms with Crippen LogP contribution in [0.4, 0.5) is 17.6 Å². The van der Waals surface area contributed by atoms with E-state index in [1.165, 1.54) is 6.92 Å². The molecular formula is C12H10F4O3. The molecule has 3 nitrogen and oxygen atoms in total. The van der Waals surface area contributed by atoms with Gasteiger partial charge in [-0.15, -0.1) is 0 Å². The first-order valence-electron chi connectivity index (χ1n) is 5.31. The Labute approximate surface area is 106 Å². The molecule has 0 radical (unpaired) electrons. The second-order valence-electron chi connectivity index (χ2n) is 3.59. The maximum Gasteiger partial charge on any atom is 0.417 e. The van der Waals surface area contributed by atoms with Crippen LogP contribution in [-0.4, -0.2) is 18.4 Å². The van der Waals surface area contributed by atoms with E-state index in [1.54, 1.807) is 0 Å². The number of alkyl halides is 3. The first kappa shape index (κ1) is 15.1. The molecule has 0 unspecified atom stereocenters. The van der Waals surface area contributed by atoms with Crippen molar-refractivity contribution in [3.63, 3.8) is 0 Å². The van der Waals surface area contributed by atoms with Crippen molar-refractivity contribution in [1.29, 1.82) is 0 Å². The Morgan fingerprint density at radius 1 is 1.26 bits per heavy atom. The topological polar surface area (TPSA) is 43.4 Å². The van der Waals surface area contributed by atoms with E-state index in [4.69, 9.17) is 0 Å². The zero-order chi connectivity index (χ0) is 14.6. The Morgan fingerprint density at radius 2 is 1.89 bits per heavy atom. The predicted octanol–water partition coefficient (Wildman–Crippen LogP) is 2.98. The van der Waals surface area contributed by atoms with Crippen molar-refractivity contribution >= 4 is 11.8 Å². The van der Waals surface area contributed by atoms with Crippen LogP contribution >= 0.6 is 0 Å². The second-order valence-corrected chi connectivity index (χ2v) is 3.59. The fourth-order valence-electron chi connectivity index (χ4n) is 1.43. The molecule has 0 atom stereocenters. The maximum atomic E-state index is 12.9. The number of Topliss-reactive ketones (excluding diaryl/α,β-unsaturated/α-hetero) is 1. The summed E-state index contributed by atoms with van der Waals surface area (Å²) in [5, 5.41) is 0. The predicted molar refractivity (Wildman–Crippen MR) is 57.0 cm³/mol. The van der Waals surface area contributed by atoms with Gasteiger partial charge in [-0.1, -0.05) is 0 Å². The summed E-state index contributed by atoms with van der Waals surface area (Å²) in [5.74, 6) is -3.07. The van der Waals surface area contributed by atoms with E-state index in [9.17, 15) is 27.2 Å². The fourth-order valence-corrected chi connectivity index (χ4v) is 1.43. The monoisotopic (exact) mass is 278 g/mol. The normalized spacial score (nSPS) is 11.2. The number of benzene rings is 1. The minimum atomic E-state index is -4.80. The minimum absolute atomic E-state index is 0.00138. The van der Waals surface area contributed by atoms with Crippen molar-refractivity contribution in [2.24, 2.45) is 0 Å². The Bertz CT molecular complexity index is 494. The second kappa shape index (κ2) is 5.81. The van der Waals surface area contributed by atoms with Crippen LogP contribution in [0.15, 0.2) is 18.2 Å². The number of hydrogen-bond acceptors (Lipinski definition) is 3. The Balaban J connectivity index is 3.08. The molecule has 19 heavy (non-hydrogen) atoms. The minimum Gasteiger partial charge on any atom is -0.466 e. The number of carbonyl (C=O) groups excluding carboxylic acids is 2. The Morgan fingerprint density at radius 3 is 2.42 bits per heavy atom. The lowest BCUT2D eigenvalue weighted by atomic mass is 10.0. The molecule has 0 spiro atoms. The Kier molecular flexibility index (Phi) is 4.63. The molecule has 0 aliphatic rings. The van der Waals surface area contributed by atoms with Gasteiger partial charge in [0.2, 0.25) is 0 Å². The van der Waals surface area contributed by atoms with Gasteiger partial charge < -0.3 is 4.74 Å². The third-order valence-electron chi connectivity index (χ3n) is 2.20. The van der Waals surface area contributed by atoms with E-state index in [0.29, 0.717) is 18.2 Å². The van der Waals surface area contributed by atoms with E-state index >= 15 is 0 Å². The number of esters is 1. The van der Waals surface area contributed by atoms with E-state index in [-0.39, 0.29) is 6.61 Å². The smallest absolute Gasteiger partial charge is 0.417 e. The van der Waals surface area contributed by atoms with Crippen LogP contribution in [0.5, 0.6) is 0 Å². The van der Waals surface area contributed by atoms with Crippen LogP contribution in [0.25, 0.3) is 0 Å². The van der Waals surface area contributed by atoms with Gasteiger partial charge in [0.25, 0.3) is 0 Å². The summed E-state index contributed by atoms with van der Waals surface area (Å²) < 4.78 is 55.3. The van der Waals surface area contributed by atoms with Gasteiger partial charge in [0.1, 0.15) is 12.2 Å². The van der Waals surface area contributed by atoms with Crippen molar-refractivity contribution < 1.29 is 31.9 Å². The molecule has 0 N–H and O–H groups in total. The molecule has 0 saturated carbocycles. The van der Waals surface area contributed by atoms with Crippen molar-refractivity contribution in [3.8, 4) is 0 Å². The van der Waals surface area contributed by atoms with Gasteiger partial charge in [0.05, 0.1) is 12.2 Å². The van der Waals surface area contributed by atoms with Gasteiger partial charge in [-0.3, -0.25) is 9.59 Å². The van der Waals surface area contributed by atoms with Crippen LogP contribution in [0.2, 0.25) is 0 Å². The van der Waals surface area contributed by atoms with Crippen molar-refractivity contribution in [1.82, 2.24) is 0 Å². The van der Waals surface area contributed by atoms with Crippen LogP contribution in [0, 0.1) is 5.82 Å². The van der Waals surface area contributed by atoms with Crippen molar-refractivity contribution in [2.75, 3.05) is 6.61 Å². The van der Waals surface area contributed by atoms with Crippen LogP contribution in [0.3, 0.4) is 0 Å². The summed E-state index contributed by atoms with van der Waals surface area (Å²) in [7, 11) is 0. The summed E-state index contributed by atoms with van der Waals surface area (Å²) in [6.45, 7) is 1.49. The molecule has 1 rings (SSSR count). The van der Waals surface area contributed by atoms with E-state index in [0.717, 1.165) is 0 Å². The Hall–Kier alpha value is -1.92. The molecule has 104 valence electrons. The summed E-state index contributed by atoms with van der Waals surface area (Å²) in [4.78, 5) is 22.6. The third kappa shape index (κ3) is 4.04. The molecule has 0 aliphatic heterocycles. The molecule has 0 amide bonds. The first-order valence-corrected chi connectivity index (χ1v) is 5.31. The number of hydrogen-bond donors (Lipinski definition) is 0. The van der Waals surface area contributed by atoms with Gasteiger partial charge in [0.15, 0.2) is 5.78 Å². The molecule has 1 aromatic rings. The number of ether oxygens (including phenoxy) is 1. The third-order valence-corrected chi connectivity index (χ3v) is 2.20. The number of halogens is 4. The molecule has 0 bridgehead atoms. The summed E-state index contributed by atoms with van der Waals surface area (Å²) in [5.41, 5.74) is -2.15. The van der Waals surface area contributed by atoms with Gasteiger partial charge in [-0.25, -0.2) is 4.39 Å². The molecule has 0 heterocycles. The molecule has 7 heteroatoms.